The van der Waals surface area contributed by atoms with Crippen LogP contribution in [0.2, 0.25) is 0 Å². The van der Waals surface area contributed by atoms with E-state index in [4.69, 9.17) is 4.74 Å². The van der Waals surface area contributed by atoms with Crippen LogP contribution in [-0.4, -0.2) is 22.8 Å². The minimum absolute atomic E-state index is 0.0168. The Labute approximate surface area is 87.9 Å². The van der Waals surface area contributed by atoms with E-state index in [1.54, 1.807) is 0 Å². The number of pyridine rings is 1. The van der Waals surface area contributed by atoms with Gasteiger partial charge in [0.2, 0.25) is 0 Å². The van der Waals surface area contributed by atoms with Gasteiger partial charge in [-0.05, 0) is 19.4 Å². The van der Waals surface area contributed by atoms with Gasteiger partial charge in [-0.1, -0.05) is 0 Å². The number of hydrogen-bond acceptors (Lipinski definition) is 3. The number of nitrogens with zero attached hydrogens (tertiary/aromatic N) is 1. The molecule has 3 atom stereocenters. The highest BCUT2D eigenvalue weighted by Crippen LogP contribution is 2.32. The van der Waals surface area contributed by atoms with Gasteiger partial charge in [0.1, 0.15) is 5.82 Å². The number of rotatable bonds is 2. The molecule has 3 unspecified atom stereocenters. The molecule has 1 fully saturated rings. The maximum absolute atomic E-state index is 13.3. The van der Waals surface area contributed by atoms with Crippen LogP contribution in [0.5, 0.6) is 0 Å². The first-order chi connectivity index (χ1) is 7.18. The lowest BCUT2D eigenvalue weighted by Gasteiger charge is -2.17. The molecule has 0 spiro atoms. The van der Waals surface area contributed by atoms with E-state index >= 15 is 0 Å². The van der Waals surface area contributed by atoms with Crippen molar-refractivity contribution in [3.8, 4) is 0 Å². The fourth-order valence-corrected chi connectivity index (χ4v) is 1.95. The maximum atomic E-state index is 13.3. The number of aliphatic hydroxyl groups is 1. The zero-order valence-corrected chi connectivity index (χ0v) is 8.56. The Balaban J connectivity index is 2.14. The van der Waals surface area contributed by atoms with Crippen molar-refractivity contribution in [3.05, 3.63) is 29.8 Å². The Morgan fingerprint density at radius 2 is 2.47 bits per heavy atom. The van der Waals surface area contributed by atoms with Gasteiger partial charge >= 0.3 is 0 Å². The second kappa shape index (κ2) is 4.24. The van der Waals surface area contributed by atoms with Crippen LogP contribution in [0.1, 0.15) is 25.0 Å². The second-order valence-corrected chi connectivity index (χ2v) is 3.98. The third-order valence-corrected chi connectivity index (χ3v) is 2.80. The molecule has 0 aliphatic carbocycles. The minimum atomic E-state index is -0.794. The van der Waals surface area contributed by atoms with E-state index in [2.05, 4.69) is 4.98 Å². The number of aromatic nitrogens is 1. The molecular formula is C11H14FNO2. The molecule has 1 aliphatic heterocycles. The highest BCUT2D eigenvalue weighted by molar-refractivity contribution is 5.16. The zero-order chi connectivity index (χ0) is 10.8. The number of ether oxygens (including phenoxy) is 1. The molecule has 1 aromatic heterocycles. The number of aliphatic hydroxyl groups excluding tert-OH is 1. The molecule has 0 amide bonds. The summed E-state index contributed by atoms with van der Waals surface area (Å²) in [5.41, 5.74) is 0.313. The highest BCUT2D eigenvalue weighted by Gasteiger charge is 2.30. The molecule has 3 nitrogen and oxygen atoms in total. The van der Waals surface area contributed by atoms with Crippen molar-refractivity contribution in [3.63, 3.8) is 0 Å². The quantitative estimate of drug-likeness (QED) is 0.809. The fourth-order valence-electron chi connectivity index (χ4n) is 1.95. The van der Waals surface area contributed by atoms with E-state index in [-0.39, 0.29) is 12.0 Å². The van der Waals surface area contributed by atoms with E-state index < -0.39 is 11.9 Å². The van der Waals surface area contributed by atoms with Crippen molar-refractivity contribution in [1.82, 2.24) is 4.98 Å². The molecule has 0 bridgehead atoms. The summed E-state index contributed by atoms with van der Waals surface area (Å²) in [7, 11) is 0. The lowest BCUT2D eigenvalue weighted by Crippen LogP contribution is -2.14. The summed E-state index contributed by atoms with van der Waals surface area (Å²) in [6.07, 6.45) is 2.73. The monoisotopic (exact) mass is 211 g/mol. The van der Waals surface area contributed by atoms with Crippen molar-refractivity contribution in [1.29, 1.82) is 0 Å². The topological polar surface area (TPSA) is 42.4 Å². The van der Waals surface area contributed by atoms with Gasteiger partial charge in [0, 0.05) is 17.7 Å². The molecule has 0 aromatic carbocycles. The molecule has 82 valence electrons. The van der Waals surface area contributed by atoms with Crippen LogP contribution in [0.15, 0.2) is 18.5 Å². The Morgan fingerprint density at radius 3 is 3.07 bits per heavy atom. The predicted molar refractivity (Wildman–Crippen MR) is 52.7 cm³/mol. The first-order valence-corrected chi connectivity index (χ1v) is 5.07. The summed E-state index contributed by atoms with van der Waals surface area (Å²) in [6.45, 7) is 2.44. The summed E-state index contributed by atoms with van der Waals surface area (Å²) in [5.74, 6) is -0.471. The van der Waals surface area contributed by atoms with Gasteiger partial charge in [-0.2, -0.15) is 0 Å². The van der Waals surface area contributed by atoms with Gasteiger partial charge in [-0.15, -0.1) is 0 Å². The molecule has 15 heavy (non-hydrogen) atoms. The van der Waals surface area contributed by atoms with Gasteiger partial charge in [0.15, 0.2) is 0 Å². The number of hydrogen-bond donors (Lipinski definition) is 1. The lowest BCUT2D eigenvalue weighted by molar-refractivity contribution is 0.0783. The molecule has 0 saturated carbocycles. The Hall–Kier alpha value is -1.00. The summed E-state index contributed by atoms with van der Waals surface area (Å²) in [6, 6.07) is 1.52. The Kier molecular flexibility index (Phi) is 2.98. The molecular weight excluding hydrogens is 197 g/mol. The van der Waals surface area contributed by atoms with E-state index in [0.29, 0.717) is 12.2 Å². The van der Waals surface area contributed by atoms with Gasteiger partial charge < -0.3 is 9.84 Å². The van der Waals surface area contributed by atoms with Crippen molar-refractivity contribution in [2.45, 2.75) is 25.6 Å². The van der Waals surface area contributed by atoms with Crippen molar-refractivity contribution in [2.24, 2.45) is 5.92 Å². The van der Waals surface area contributed by atoms with E-state index in [9.17, 15) is 9.50 Å². The third-order valence-electron chi connectivity index (χ3n) is 2.80. The van der Waals surface area contributed by atoms with Gasteiger partial charge in [0.05, 0.1) is 25.0 Å². The SMILES string of the molecule is CC1CC(C(O)c2ccncc2F)CO1. The third kappa shape index (κ3) is 2.16. The molecule has 1 aliphatic rings. The van der Waals surface area contributed by atoms with Crippen LogP contribution in [0, 0.1) is 11.7 Å². The lowest BCUT2D eigenvalue weighted by atomic mass is 9.94. The summed E-state index contributed by atoms with van der Waals surface area (Å²) < 4.78 is 18.7. The predicted octanol–water partition coefficient (Wildman–Crippen LogP) is 1.68. The van der Waals surface area contributed by atoms with Gasteiger partial charge in [0.25, 0.3) is 0 Å². The summed E-state index contributed by atoms with van der Waals surface area (Å²) in [5, 5.41) is 9.97. The normalized spacial score (nSPS) is 27.9. The molecule has 2 rings (SSSR count). The van der Waals surface area contributed by atoms with Gasteiger partial charge in [-0.25, -0.2) is 4.39 Å². The van der Waals surface area contributed by atoms with Crippen LogP contribution in [0.25, 0.3) is 0 Å². The van der Waals surface area contributed by atoms with Crippen LogP contribution in [0.3, 0.4) is 0 Å². The number of halogens is 1. The standard InChI is InChI=1S/C11H14FNO2/c1-7-4-8(6-15-7)11(14)9-2-3-13-5-10(9)12/h2-3,5,7-8,11,14H,4,6H2,1H3. The molecule has 2 heterocycles. The Morgan fingerprint density at radius 1 is 1.67 bits per heavy atom. The molecule has 1 aromatic rings. The van der Waals surface area contributed by atoms with Crippen molar-refractivity contribution >= 4 is 0 Å². The minimum Gasteiger partial charge on any atom is -0.388 e. The highest BCUT2D eigenvalue weighted by atomic mass is 19.1. The fraction of sp³-hybridized carbons (Fsp3) is 0.545. The van der Waals surface area contributed by atoms with Crippen LogP contribution >= 0.6 is 0 Å². The summed E-state index contributed by atoms with van der Waals surface area (Å²) >= 11 is 0. The maximum Gasteiger partial charge on any atom is 0.147 e. The first kappa shape index (κ1) is 10.5. The van der Waals surface area contributed by atoms with E-state index in [1.807, 2.05) is 6.92 Å². The van der Waals surface area contributed by atoms with E-state index in [0.717, 1.165) is 12.6 Å². The van der Waals surface area contributed by atoms with Crippen LogP contribution in [-0.2, 0) is 4.74 Å². The zero-order valence-electron chi connectivity index (χ0n) is 8.56. The largest absolute Gasteiger partial charge is 0.388 e. The smallest absolute Gasteiger partial charge is 0.147 e. The second-order valence-electron chi connectivity index (χ2n) is 3.98. The summed E-state index contributed by atoms with van der Waals surface area (Å²) in [4.78, 5) is 3.65. The molecule has 0 radical (unpaired) electrons. The molecule has 4 heteroatoms. The average molecular weight is 211 g/mol. The van der Waals surface area contributed by atoms with Crippen LogP contribution in [0.4, 0.5) is 4.39 Å². The van der Waals surface area contributed by atoms with Crippen molar-refractivity contribution < 1.29 is 14.2 Å². The van der Waals surface area contributed by atoms with E-state index in [1.165, 1.54) is 12.3 Å². The van der Waals surface area contributed by atoms with Gasteiger partial charge in [-0.3, -0.25) is 4.98 Å². The Bertz CT molecular complexity index is 345. The molecule has 1 N–H and O–H groups in total. The van der Waals surface area contributed by atoms with Crippen LogP contribution < -0.4 is 0 Å². The molecule has 1 saturated heterocycles. The van der Waals surface area contributed by atoms with Crippen molar-refractivity contribution in [2.75, 3.05) is 6.61 Å². The first-order valence-electron chi connectivity index (χ1n) is 5.07. The average Bonchev–Trinajstić information content (AvgIpc) is 2.65.